The standard InChI is InChI=1S/C41H53N3O15/c1-6-55-35(51)15-11-8-12-22-56-41(40(53)54-5)23-31(44-33(48)20-21-34(49)50)36(43-25(2)45)38(59-41)37(58-27(4)47)32(57-26(3)46)24-42-39(52)30-18-16-29(17-19-30)28-13-9-7-10-14-28/h7,9-10,13-14,16-19,31-32,36-38H,6,8,11-12,15,20-24H2,1-5H3,(H,42,52)(H,43,45)(H,44,48)(H,49,50)/t31-,32+,36+,37+,38?,41+/m0/s1. The van der Waals surface area contributed by atoms with Crippen LogP contribution in [0.1, 0.15) is 83.0 Å². The largest absolute Gasteiger partial charge is 0.481 e. The molecule has 0 aromatic heterocycles. The summed E-state index contributed by atoms with van der Waals surface area (Å²) in [5.41, 5.74) is 2.02. The molecule has 0 bridgehead atoms. The molecule has 0 spiro atoms. The Morgan fingerprint density at radius 2 is 1.49 bits per heavy atom. The monoisotopic (exact) mass is 827 g/mol. The predicted molar refractivity (Wildman–Crippen MR) is 207 cm³/mol. The van der Waals surface area contributed by atoms with Crippen molar-refractivity contribution >= 4 is 47.6 Å². The van der Waals surface area contributed by atoms with Crippen LogP contribution in [0.15, 0.2) is 54.6 Å². The van der Waals surface area contributed by atoms with Gasteiger partial charge in [0.2, 0.25) is 11.8 Å². The Morgan fingerprint density at radius 3 is 2.08 bits per heavy atom. The van der Waals surface area contributed by atoms with Crippen LogP contribution in [-0.4, -0.2) is 116 Å². The molecule has 3 amide bonds. The van der Waals surface area contributed by atoms with Crippen LogP contribution >= 0.6 is 0 Å². The minimum Gasteiger partial charge on any atom is -0.481 e. The number of hydrogen-bond donors (Lipinski definition) is 4. The molecular weight excluding hydrogens is 774 g/mol. The van der Waals surface area contributed by atoms with Crippen LogP contribution in [0.5, 0.6) is 0 Å². The highest BCUT2D eigenvalue weighted by molar-refractivity contribution is 5.94. The number of methoxy groups -OCH3 is 1. The Balaban J connectivity index is 2.04. The Hall–Kier alpha value is -5.88. The van der Waals surface area contributed by atoms with Gasteiger partial charge in [0.1, 0.15) is 6.10 Å². The third kappa shape index (κ3) is 15.1. The second-order valence-corrected chi connectivity index (χ2v) is 13.7. The second kappa shape index (κ2) is 23.5. The third-order valence-corrected chi connectivity index (χ3v) is 9.07. The highest BCUT2D eigenvalue weighted by Crippen LogP contribution is 2.36. The molecule has 2 aromatic rings. The lowest BCUT2D eigenvalue weighted by Gasteiger charge is -2.49. The van der Waals surface area contributed by atoms with Crippen LogP contribution in [0.2, 0.25) is 0 Å². The maximum absolute atomic E-state index is 13.7. The van der Waals surface area contributed by atoms with Crippen molar-refractivity contribution in [2.45, 2.75) is 109 Å². The Bertz CT molecular complexity index is 1770. The number of carboxylic acid groups (broad SMARTS) is 1. The first-order valence-corrected chi connectivity index (χ1v) is 19.2. The number of aliphatic carboxylic acids is 1. The number of benzene rings is 2. The van der Waals surface area contributed by atoms with E-state index in [1.807, 2.05) is 30.3 Å². The van der Waals surface area contributed by atoms with Crippen molar-refractivity contribution < 1.29 is 71.9 Å². The van der Waals surface area contributed by atoms with Crippen molar-refractivity contribution in [1.29, 1.82) is 0 Å². The second-order valence-electron chi connectivity index (χ2n) is 13.7. The van der Waals surface area contributed by atoms with Crippen LogP contribution in [0.25, 0.3) is 11.1 Å². The molecule has 1 fully saturated rings. The highest BCUT2D eigenvalue weighted by Gasteiger charge is 2.58. The summed E-state index contributed by atoms with van der Waals surface area (Å²) in [6.07, 6.45) is -5.10. The van der Waals surface area contributed by atoms with E-state index in [2.05, 4.69) is 16.0 Å². The van der Waals surface area contributed by atoms with Crippen molar-refractivity contribution in [2.24, 2.45) is 0 Å². The number of amides is 3. The lowest BCUT2D eigenvalue weighted by molar-refractivity contribution is -0.303. The maximum Gasteiger partial charge on any atom is 0.366 e. The van der Waals surface area contributed by atoms with Crippen molar-refractivity contribution in [1.82, 2.24) is 16.0 Å². The molecule has 6 atom stereocenters. The minimum atomic E-state index is -2.36. The molecule has 4 N–H and O–H groups in total. The topological polar surface area (TPSA) is 248 Å². The number of carboxylic acids is 1. The molecule has 1 unspecified atom stereocenters. The predicted octanol–water partition coefficient (Wildman–Crippen LogP) is 2.60. The normalized spacial score (nSPS) is 19.5. The van der Waals surface area contributed by atoms with Gasteiger partial charge in [0.15, 0.2) is 12.2 Å². The van der Waals surface area contributed by atoms with Crippen LogP contribution in [0.3, 0.4) is 0 Å². The van der Waals surface area contributed by atoms with Gasteiger partial charge in [0.25, 0.3) is 11.7 Å². The van der Waals surface area contributed by atoms with Crippen LogP contribution < -0.4 is 16.0 Å². The van der Waals surface area contributed by atoms with Gasteiger partial charge in [-0.05, 0) is 43.0 Å². The van der Waals surface area contributed by atoms with Gasteiger partial charge in [-0.25, -0.2) is 4.79 Å². The van der Waals surface area contributed by atoms with Gasteiger partial charge in [-0.15, -0.1) is 0 Å². The molecule has 322 valence electrons. The molecule has 3 rings (SSSR count). The highest BCUT2D eigenvalue weighted by atomic mass is 16.7. The van der Waals surface area contributed by atoms with Gasteiger partial charge in [0, 0.05) is 45.6 Å². The summed E-state index contributed by atoms with van der Waals surface area (Å²) < 4.78 is 33.9. The van der Waals surface area contributed by atoms with E-state index < -0.39 is 104 Å². The van der Waals surface area contributed by atoms with Gasteiger partial charge in [-0.1, -0.05) is 48.9 Å². The van der Waals surface area contributed by atoms with Crippen molar-refractivity contribution in [3.8, 4) is 11.1 Å². The van der Waals surface area contributed by atoms with Crippen LogP contribution in [-0.2, 0) is 62.0 Å². The first-order chi connectivity index (χ1) is 28.1. The average Bonchev–Trinajstić information content (AvgIpc) is 3.19. The zero-order chi connectivity index (χ0) is 43.5. The summed E-state index contributed by atoms with van der Waals surface area (Å²) in [5.74, 6) is -8.88. The molecule has 1 aliphatic heterocycles. The lowest BCUT2D eigenvalue weighted by atomic mass is 9.86. The van der Waals surface area contributed by atoms with E-state index in [9.17, 15) is 43.5 Å². The Morgan fingerprint density at radius 1 is 0.831 bits per heavy atom. The van der Waals surface area contributed by atoms with E-state index in [4.69, 9.17) is 28.4 Å². The molecule has 1 aliphatic rings. The van der Waals surface area contributed by atoms with Gasteiger partial charge >= 0.3 is 29.8 Å². The van der Waals surface area contributed by atoms with E-state index in [0.29, 0.717) is 19.3 Å². The number of ether oxygens (including phenoxy) is 6. The molecule has 59 heavy (non-hydrogen) atoms. The molecule has 0 aliphatic carbocycles. The smallest absolute Gasteiger partial charge is 0.366 e. The molecule has 1 heterocycles. The van der Waals surface area contributed by atoms with E-state index >= 15 is 0 Å². The Labute approximate surface area is 341 Å². The summed E-state index contributed by atoms with van der Waals surface area (Å²) >= 11 is 0. The molecule has 1 saturated heterocycles. The zero-order valence-corrected chi connectivity index (χ0v) is 33.8. The van der Waals surface area contributed by atoms with E-state index in [1.165, 1.54) is 0 Å². The lowest BCUT2D eigenvalue weighted by Crippen LogP contribution is -2.71. The van der Waals surface area contributed by atoms with E-state index in [0.717, 1.165) is 39.0 Å². The fraction of sp³-hybridized carbons (Fsp3) is 0.512. The fourth-order valence-electron chi connectivity index (χ4n) is 6.50. The Kier molecular flexibility index (Phi) is 18.9. The number of carbonyl (C=O) groups excluding carboxylic acids is 7. The SMILES string of the molecule is CCOC(=O)CCCCCO[C@]1(C(=O)OC)C[C@H](NC(=O)CCC(=O)O)[C@@H](NC(C)=O)C([C@H](OC(C)=O)[C@@H](CNC(=O)c2ccc(-c3ccccc3)cc2)OC(C)=O)O1. The quantitative estimate of drug-likeness (QED) is 0.0757. The van der Waals surface area contributed by atoms with Gasteiger partial charge in [0.05, 0.1) is 45.4 Å². The van der Waals surface area contributed by atoms with Crippen molar-refractivity contribution in [3.63, 3.8) is 0 Å². The summed E-state index contributed by atoms with van der Waals surface area (Å²) in [7, 11) is 1.05. The first kappa shape index (κ1) is 47.5. The van der Waals surface area contributed by atoms with Gasteiger partial charge in [-0.3, -0.25) is 33.6 Å². The van der Waals surface area contributed by atoms with E-state index in [1.54, 1.807) is 31.2 Å². The molecule has 0 radical (unpaired) electrons. The average molecular weight is 828 g/mol. The fourth-order valence-corrected chi connectivity index (χ4v) is 6.50. The number of carbonyl (C=O) groups is 8. The van der Waals surface area contributed by atoms with Gasteiger partial charge < -0.3 is 49.5 Å². The maximum atomic E-state index is 13.7. The molecule has 18 heteroatoms. The summed E-state index contributed by atoms with van der Waals surface area (Å²) in [5, 5.41) is 17.2. The summed E-state index contributed by atoms with van der Waals surface area (Å²) in [6, 6.07) is 13.5. The number of rotatable bonds is 22. The number of esters is 4. The van der Waals surface area contributed by atoms with Gasteiger partial charge in [-0.2, -0.15) is 0 Å². The summed E-state index contributed by atoms with van der Waals surface area (Å²) in [6.45, 7) is 4.57. The van der Waals surface area contributed by atoms with E-state index in [-0.39, 0.29) is 31.2 Å². The molecule has 0 saturated carbocycles. The van der Waals surface area contributed by atoms with Crippen LogP contribution in [0.4, 0.5) is 0 Å². The molecule has 2 aromatic carbocycles. The summed E-state index contributed by atoms with van der Waals surface area (Å²) in [4.78, 5) is 102. The number of hydrogen-bond acceptors (Lipinski definition) is 14. The zero-order valence-electron chi connectivity index (χ0n) is 33.8. The molecular formula is C41H53N3O15. The van der Waals surface area contributed by atoms with Crippen molar-refractivity contribution in [2.75, 3.05) is 26.9 Å². The minimum absolute atomic E-state index is 0.147. The molecule has 18 nitrogen and oxygen atoms in total. The number of unbranched alkanes of at least 4 members (excludes halogenated alkanes) is 2. The van der Waals surface area contributed by atoms with Crippen LogP contribution in [0, 0.1) is 0 Å². The third-order valence-electron chi connectivity index (χ3n) is 9.07. The van der Waals surface area contributed by atoms with Crippen molar-refractivity contribution in [3.05, 3.63) is 60.2 Å². The first-order valence-electron chi connectivity index (χ1n) is 19.2. The number of nitrogens with one attached hydrogen (secondary N) is 3.